The maximum Gasteiger partial charge on any atom is 0.416 e. The Morgan fingerprint density at radius 1 is 1.29 bits per heavy atom. The largest absolute Gasteiger partial charge is 0.416 e. The third-order valence-electron chi connectivity index (χ3n) is 2.41. The topological polar surface area (TPSA) is 72.2 Å². The molecule has 0 atom stereocenters. The molecule has 0 saturated carbocycles. The summed E-state index contributed by atoms with van der Waals surface area (Å²) >= 11 is 5.67. The number of aromatic nitrogens is 1. The van der Waals surface area contributed by atoms with Gasteiger partial charge in [-0.25, -0.2) is 8.42 Å². The molecule has 1 heterocycles. The number of nitrogens with zero attached hydrogens (tertiary/aromatic N) is 1. The van der Waals surface area contributed by atoms with Crippen molar-refractivity contribution in [1.29, 1.82) is 0 Å². The molecule has 0 fully saturated rings. The Kier molecular flexibility index (Phi) is 3.89. The van der Waals surface area contributed by atoms with Crippen molar-refractivity contribution in [3.63, 3.8) is 0 Å². The van der Waals surface area contributed by atoms with Gasteiger partial charge in [-0.05, 0) is 25.1 Å². The molecule has 0 spiro atoms. The van der Waals surface area contributed by atoms with E-state index in [0.717, 1.165) is 6.07 Å². The van der Waals surface area contributed by atoms with E-state index in [9.17, 15) is 21.6 Å². The third kappa shape index (κ3) is 3.48. The van der Waals surface area contributed by atoms with Crippen molar-refractivity contribution in [2.24, 2.45) is 0 Å². The van der Waals surface area contributed by atoms with Gasteiger partial charge in [-0.1, -0.05) is 16.8 Å². The van der Waals surface area contributed by atoms with Crippen molar-refractivity contribution in [3.8, 4) is 0 Å². The lowest BCUT2D eigenvalue weighted by molar-refractivity contribution is -0.137. The SMILES string of the molecule is Cc1cc(NS(=O)(=O)c2cc(C(F)(F)F)ccc2Cl)no1. The summed E-state index contributed by atoms with van der Waals surface area (Å²) in [6, 6.07) is 3.30. The molecule has 114 valence electrons. The fraction of sp³-hybridized carbons (Fsp3) is 0.182. The predicted octanol–water partition coefficient (Wildman–Crippen LogP) is 3.46. The van der Waals surface area contributed by atoms with Crippen molar-refractivity contribution < 1.29 is 26.1 Å². The summed E-state index contributed by atoms with van der Waals surface area (Å²) in [5.41, 5.74) is -1.12. The molecule has 0 aliphatic heterocycles. The number of aryl methyl sites for hydroxylation is 1. The molecular formula is C11H8ClF3N2O3S. The summed E-state index contributed by atoms with van der Waals surface area (Å²) in [6.45, 7) is 1.53. The fourth-order valence-corrected chi connectivity index (χ4v) is 3.00. The molecule has 21 heavy (non-hydrogen) atoms. The van der Waals surface area contributed by atoms with Crippen LogP contribution in [0.25, 0.3) is 0 Å². The van der Waals surface area contributed by atoms with Gasteiger partial charge >= 0.3 is 6.18 Å². The zero-order valence-corrected chi connectivity index (χ0v) is 12.0. The Morgan fingerprint density at radius 3 is 2.48 bits per heavy atom. The Morgan fingerprint density at radius 2 is 1.95 bits per heavy atom. The number of rotatable bonds is 3. The first-order valence-electron chi connectivity index (χ1n) is 5.42. The normalized spacial score (nSPS) is 12.4. The zero-order valence-electron chi connectivity index (χ0n) is 10.4. The first-order valence-corrected chi connectivity index (χ1v) is 7.28. The Bertz CT molecular complexity index is 771. The number of hydrogen-bond donors (Lipinski definition) is 1. The highest BCUT2D eigenvalue weighted by Crippen LogP contribution is 2.33. The molecule has 2 rings (SSSR count). The summed E-state index contributed by atoms with van der Waals surface area (Å²) < 4.78 is 68.7. The van der Waals surface area contributed by atoms with Crippen LogP contribution in [0.3, 0.4) is 0 Å². The molecule has 0 radical (unpaired) electrons. The van der Waals surface area contributed by atoms with E-state index >= 15 is 0 Å². The monoisotopic (exact) mass is 340 g/mol. The van der Waals surface area contributed by atoms with Crippen LogP contribution < -0.4 is 4.72 Å². The summed E-state index contributed by atoms with van der Waals surface area (Å²) in [5, 5.41) is 3.06. The quantitative estimate of drug-likeness (QED) is 0.928. The number of anilines is 1. The molecule has 0 unspecified atom stereocenters. The molecule has 0 bridgehead atoms. The van der Waals surface area contributed by atoms with E-state index in [1.807, 2.05) is 4.72 Å². The van der Waals surface area contributed by atoms with E-state index in [4.69, 9.17) is 11.6 Å². The smallest absolute Gasteiger partial charge is 0.360 e. The van der Waals surface area contributed by atoms with Gasteiger partial charge in [0.2, 0.25) is 0 Å². The standard InChI is InChI=1S/C11H8ClF3N2O3S/c1-6-4-10(16-20-6)17-21(18,19)9-5-7(11(13,14)15)2-3-8(9)12/h2-5H,1H3,(H,16,17). The fourth-order valence-electron chi connectivity index (χ4n) is 1.49. The van der Waals surface area contributed by atoms with Crippen LogP contribution in [0, 0.1) is 6.92 Å². The molecule has 0 aliphatic rings. The lowest BCUT2D eigenvalue weighted by Crippen LogP contribution is -2.15. The zero-order chi connectivity index (χ0) is 15.8. The molecule has 0 aliphatic carbocycles. The predicted molar refractivity (Wildman–Crippen MR) is 68.5 cm³/mol. The molecular weight excluding hydrogens is 333 g/mol. The second-order valence-corrected chi connectivity index (χ2v) is 6.13. The van der Waals surface area contributed by atoms with Crippen molar-refractivity contribution in [1.82, 2.24) is 5.16 Å². The van der Waals surface area contributed by atoms with Gasteiger partial charge in [0.05, 0.1) is 10.6 Å². The number of hydrogen-bond acceptors (Lipinski definition) is 4. The van der Waals surface area contributed by atoms with Gasteiger partial charge in [0, 0.05) is 6.07 Å². The summed E-state index contributed by atoms with van der Waals surface area (Å²) in [4.78, 5) is -0.695. The highest BCUT2D eigenvalue weighted by molar-refractivity contribution is 7.92. The molecule has 2 aromatic rings. The minimum Gasteiger partial charge on any atom is -0.360 e. The molecule has 1 N–H and O–H groups in total. The van der Waals surface area contributed by atoms with Gasteiger partial charge in [0.15, 0.2) is 5.82 Å². The number of alkyl halides is 3. The van der Waals surface area contributed by atoms with Crippen LogP contribution in [0.15, 0.2) is 33.7 Å². The molecule has 5 nitrogen and oxygen atoms in total. The van der Waals surface area contributed by atoms with Gasteiger partial charge in [-0.15, -0.1) is 0 Å². The van der Waals surface area contributed by atoms with Crippen LogP contribution in [-0.2, 0) is 16.2 Å². The molecule has 1 aromatic carbocycles. The second kappa shape index (κ2) is 5.23. The van der Waals surface area contributed by atoms with Crippen LogP contribution in [0.1, 0.15) is 11.3 Å². The van der Waals surface area contributed by atoms with Crippen molar-refractivity contribution in [3.05, 3.63) is 40.6 Å². The summed E-state index contributed by atoms with van der Waals surface area (Å²) in [6.07, 6.45) is -4.68. The van der Waals surface area contributed by atoms with E-state index in [2.05, 4.69) is 9.68 Å². The second-order valence-electron chi connectivity index (χ2n) is 4.07. The highest BCUT2D eigenvalue weighted by atomic mass is 35.5. The van der Waals surface area contributed by atoms with Gasteiger partial charge in [-0.2, -0.15) is 13.2 Å². The van der Waals surface area contributed by atoms with E-state index in [0.29, 0.717) is 17.9 Å². The number of nitrogens with one attached hydrogen (secondary N) is 1. The van der Waals surface area contributed by atoms with Crippen LogP contribution in [0.2, 0.25) is 5.02 Å². The van der Waals surface area contributed by atoms with Crippen molar-refractivity contribution in [2.75, 3.05) is 4.72 Å². The first-order chi connectivity index (χ1) is 9.59. The van der Waals surface area contributed by atoms with E-state index < -0.39 is 26.7 Å². The lowest BCUT2D eigenvalue weighted by Gasteiger charge is -2.11. The molecule has 1 aromatic heterocycles. The minimum atomic E-state index is -4.68. The number of benzene rings is 1. The summed E-state index contributed by atoms with van der Waals surface area (Å²) in [5.74, 6) is 0.184. The van der Waals surface area contributed by atoms with E-state index in [1.165, 1.54) is 13.0 Å². The maximum atomic E-state index is 12.6. The van der Waals surface area contributed by atoms with Crippen LogP contribution >= 0.6 is 11.6 Å². The third-order valence-corrected chi connectivity index (χ3v) is 4.25. The van der Waals surface area contributed by atoms with Crippen molar-refractivity contribution >= 4 is 27.4 Å². The average Bonchev–Trinajstić information content (AvgIpc) is 2.72. The Labute approximate surface area is 122 Å². The highest BCUT2D eigenvalue weighted by Gasteiger charge is 2.33. The average molecular weight is 341 g/mol. The first kappa shape index (κ1) is 15.6. The summed E-state index contributed by atoms with van der Waals surface area (Å²) in [7, 11) is -4.32. The van der Waals surface area contributed by atoms with Gasteiger partial charge in [-0.3, -0.25) is 4.72 Å². The van der Waals surface area contributed by atoms with E-state index in [-0.39, 0.29) is 10.8 Å². The molecule has 0 amide bonds. The number of sulfonamides is 1. The van der Waals surface area contributed by atoms with Crippen molar-refractivity contribution in [2.45, 2.75) is 18.0 Å². The number of halogens is 4. The van der Waals surface area contributed by atoms with Crippen LogP contribution in [0.4, 0.5) is 19.0 Å². The Balaban J connectivity index is 2.44. The Hall–Kier alpha value is -1.74. The molecule has 0 saturated heterocycles. The van der Waals surface area contributed by atoms with Crippen LogP contribution in [0.5, 0.6) is 0 Å². The molecule has 10 heteroatoms. The lowest BCUT2D eigenvalue weighted by atomic mass is 10.2. The van der Waals surface area contributed by atoms with Gasteiger partial charge < -0.3 is 4.52 Å². The van der Waals surface area contributed by atoms with Gasteiger partial charge in [0.25, 0.3) is 10.0 Å². The van der Waals surface area contributed by atoms with Crippen LogP contribution in [-0.4, -0.2) is 13.6 Å². The van der Waals surface area contributed by atoms with E-state index in [1.54, 1.807) is 0 Å². The minimum absolute atomic E-state index is 0.152. The van der Waals surface area contributed by atoms with Gasteiger partial charge in [0.1, 0.15) is 10.7 Å². The maximum absolute atomic E-state index is 12.6.